The van der Waals surface area contributed by atoms with Crippen LogP contribution in [0.5, 0.6) is 0 Å². The lowest BCUT2D eigenvalue weighted by molar-refractivity contribution is -0.357. The van der Waals surface area contributed by atoms with Crippen LogP contribution in [-0.2, 0) is 0 Å². The number of hydrogen-bond donors (Lipinski definition) is 3. The molecule has 1 aliphatic heterocycles. The molecule has 5 N–H and O–H groups in total. The first-order valence-electron chi connectivity index (χ1n) is 5.08. The molecule has 0 amide bonds. The van der Waals surface area contributed by atoms with E-state index in [0.717, 1.165) is 17.1 Å². The standard InChI is InChI=1S/C12H11N3S.ClH/c13-7-1-3-9-11(5-7)16-12-6-8(14)2-4-10(12)15-9;/h1-6,11H,13-14H2;1H. The van der Waals surface area contributed by atoms with Crippen molar-refractivity contribution in [3.8, 4) is 0 Å². The molecule has 2 aliphatic rings. The molecule has 3 rings (SSSR count). The number of anilines is 1. The topological polar surface area (TPSA) is 66.0 Å². The van der Waals surface area contributed by atoms with Gasteiger partial charge >= 0.3 is 0 Å². The highest BCUT2D eigenvalue weighted by atomic mass is 35.5. The van der Waals surface area contributed by atoms with Gasteiger partial charge in [0.15, 0.2) is 5.71 Å². The summed E-state index contributed by atoms with van der Waals surface area (Å²) in [5.74, 6) is 0. The number of nitrogens with two attached hydrogens (primary N) is 2. The zero-order valence-corrected chi connectivity index (χ0v) is 10.6. The number of allylic oxidation sites excluding steroid dienone is 2. The molecule has 0 fully saturated rings. The van der Waals surface area contributed by atoms with Crippen LogP contribution >= 0.6 is 11.8 Å². The molecular weight excluding hydrogens is 254 g/mol. The van der Waals surface area contributed by atoms with Crippen molar-refractivity contribution < 1.29 is 17.4 Å². The Morgan fingerprint density at radius 1 is 1.18 bits per heavy atom. The van der Waals surface area contributed by atoms with Crippen LogP contribution in [0.25, 0.3) is 0 Å². The van der Waals surface area contributed by atoms with Gasteiger partial charge in [0, 0.05) is 23.5 Å². The number of halogens is 1. The number of rotatable bonds is 0. The van der Waals surface area contributed by atoms with E-state index in [-0.39, 0.29) is 17.7 Å². The lowest BCUT2D eigenvalue weighted by atomic mass is 10.1. The summed E-state index contributed by atoms with van der Waals surface area (Å²) in [4.78, 5) is 4.57. The van der Waals surface area contributed by atoms with Crippen molar-refractivity contribution in [1.29, 1.82) is 0 Å². The molecule has 0 saturated carbocycles. The van der Waals surface area contributed by atoms with E-state index in [0.29, 0.717) is 0 Å². The van der Waals surface area contributed by atoms with E-state index in [1.165, 1.54) is 10.6 Å². The Morgan fingerprint density at radius 2 is 2.00 bits per heavy atom. The zero-order chi connectivity index (χ0) is 11.1. The molecule has 0 aromatic heterocycles. The maximum atomic E-state index is 5.79. The number of benzene rings is 1. The van der Waals surface area contributed by atoms with Crippen molar-refractivity contribution in [2.24, 2.45) is 5.73 Å². The quantitative estimate of drug-likeness (QED) is 0.448. The Morgan fingerprint density at radius 3 is 2.82 bits per heavy atom. The van der Waals surface area contributed by atoms with E-state index >= 15 is 0 Å². The predicted octanol–water partition coefficient (Wildman–Crippen LogP) is -2.69. The van der Waals surface area contributed by atoms with Crippen LogP contribution in [0.3, 0.4) is 0 Å². The van der Waals surface area contributed by atoms with Gasteiger partial charge in [-0.25, -0.2) is 4.99 Å². The Balaban J connectivity index is 0.00000108. The highest BCUT2D eigenvalue weighted by Crippen LogP contribution is 2.34. The van der Waals surface area contributed by atoms with E-state index in [2.05, 4.69) is 11.1 Å². The Kier molecular flexibility index (Phi) is 3.17. The third-order valence-electron chi connectivity index (χ3n) is 2.64. The second kappa shape index (κ2) is 4.47. The minimum Gasteiger partial charge on any atom is -1.00 e. The maximum Gasteiger partial charge on any atom is 0.217 e. The highest BCUT2D eigenvalue weighted by Gasteiger charge is 2.28. The third kappa shape index (κ3) is 2.18. The van der Waals surface area contributed by atoms with Gasteiger partial charge in [-0.05, 0) is 24.3 Å². The molecule has 1 aliphatic carbocycles. The van der Waals surface area contributed by atoms with Crippen LogP contribution in [0, 0.1) is 0 Å². The molecule has 0 radical (unpaired) electrons. The molecule has 0 saturated heterocycles. The molecule has 5 heteroatoms. The molecule has 17 heavy (non-hydrogen) atoms. The van der Waals surface area contributed by atoms with Crippen molar-refractivity contribution in [3.05, 3.63) is 42.1 Å². The number of fused-ring (bicyclic) bond motifs is 2. The lowest BCUT2D eigenvalue weighted by Crippen LogP contribution is -3.00. The van der Waals surface area contributed by atoms with Gasteiger partial charge in [0.25, 0.3) is 0 Å². The first-order valence-corrected chi connectivity index (χ1v) is 5.96. The van der Waals surface area contributed by atoms with Crippen LogP contribution in [-0.4, -0.2) is 11.0 Å². The van der Waals surface area contributed by atoms with Gasteiger partial charge in [0.1, 0.15) is 5.25 Å². The first-order chi connectivity index (χ1) is 7.72. The van der Waals surface area contributed by atoms with E-state index in [1.807, 2.05) is 30.4 Å². The second-order valence-electron chi connectivity index (χ2n) is 3.87. The summed E-state index contributed by atoms with van der Waals surface area (Å²) in [5.41, 5.74) is 15.5. The molecule has 1 aromatic carbocycles. The van der Waals surface area contributed by atoms with Gasteiger partial charge in [0.05, 0.1) is 4.90 Å². The fourth-order valence-electron chi connectivity index (χ4n) is 1.84. The number of nitrogen functional groups attached to an aromatic ring is 1. The predicted molar refractivity (Wildman–Crippen MR) is 67.5 cm³/mol. The van der Waals surface area contributed by atoms with Crippen molar-refractivity contribution >= 4 is 28.8 Å². The zero-order valence-electron chi connectivity index (χ0n) is 8.98. The smallest absolute Gasteiger partial charge is 0.217 e. The summed E-state index contributed by atoms with van der Waals surface area (Å²) >= 11 is 1.77. The van der Waals surface area contributed by atoms with Crippen LogP contribution in [0.15, 0.2) is 47.0 Å². The number of nitrogens with one attached hydrogen (secondary N) is 1. The van der Waals surface area contributed by atoms with Crippen molar-refractivity contribution in [3.63, 3.8) is 0 Å². The molecular formula is C12H12ClN3S. The molecule has 88 valence electrons. The summed E-state index contributed by atoms with van der Waals surface area (Å²) in [6, 6.07) is 5.91. The Bertz CT molecular complexity index is 549. The Hall–Kier alpha value is -1.39. The molecule has 3 nitrogen and oxygen atoms in total. The molecule has 1 unspecified atom stereocenters. The van der Waals surface area contributed by atoms with Crippen molar-refractivity contribution in [1.82, 2.24) is 0 Å². The third-order valence-corrected chi connectivity index (χ3v) is 3.88. The molecule has 1 heterocycles. The monoisotopic (exact) mass is 265 g/mol. The van der Waals surface area contributed by atoms with Crippen LogP contribution in [0.1, 0.15) is 0 Å². The summed E-state index contributed by atoms with van der Waals surface area (Å²) in [6.07, 6.45) is 6.01. The summed E-state index contributed by atoms with van der Waals surface area (Å²) in [6.45, 7) is 0. The average Bonchev–Trinajstić information content (AvgIpc) is 2.26. The SMILES string of the molecule is NC1=CC2Sc3cc(N)ccc3[NH+]=C2C=C1.[Cl-]. The van der Waals surface area contributed by atoms with Gasteiger partial charge < -0.3 is 23.9 Å². The van der Waals surface area contributed by atoms with Crippen molar-refractivity contribution in [2.45, 2.75) is 10.1 Å². The summed E-state index contributed by atoms with van der Waals surface area (Å²) in [5, 5.41) is 0.277. The number of thioether (sulfide) groups is 1. The average molecular weight is 266 g/mol. The van der Waals surface area contributed by atoms with Crippen LogP contribution < -0.4 is 28.9 Å². The van der Waals surface area contributed by atoms with E-state index in [9.17, 15) is 0 Å². The van der Waals surface area contributed by atoms with Crippen molar-refractivity contribution in [2.75, 3.05) is 5.73 Å². The molecule has 0 bridgehead atoms. The van der Waals surface area contributed by atoms with Gasteiger partial charge in [-0.3, -0.25) is 0 Å². The summed E-state index contributed by atoms with van der Waals surface area (Å²) < 4.78 is 0. The first kappa shape index (κ1) is 12.1. The maximum absolute atomic E-state index is 5.79. The van der Waals surface area contributed by atoms with Gasteiger partial charge in [-0.1, -0.05) is 0 Å². The van der Waals surface area contributed by atoms with Gasteiger partial charge in [0.2, 0.25) is 5.69 Å². The fourth-order valence-corrected chi connectivity index (χ4v) is 3.06. The lowest BCUT2D eigenvalue weighted by Gasteiger charge is -2.18. The van der Waals surface area contributed by atoms with Crippen LogP contribution in [0.2, 0.25) is 0 Å². The minimum atomic E-state index is 0. The normalized spacial score (nSPS) is 20.6. The highest BCUT2D eigenvalue weighted by molar-refractivity contribution is 8.01. The minimum absolute atomic E-state index is 0. The Labute approximate surface area is 110 Å². The largest absolute Gasteiger partial charge is 1.00 e. The van der Waals surface area contributed by atoms with Crippen LogP contribution in [0.4, 0.5) is 11.4 Å². The summed E-state index contributed by atoms with van der Waals surface area (Å²) in [7, 11) is 0. The molecule has 1 aromatic rings. The molecule has 1 atom stereocenters. The second-order valence-corrected chi connectivity index (χ2v) is 5.06. The van der Waals surface area contributed by atoms with Gasteiger partial charge in [-0.15, -0.1) is 11.8 Å². The molecule has 0 spiro atoms. The van der Waals surface area contributed by atoms with E-state index in [4.69, 9.17) is 11.5 Å². The number of hydrogen-bond acceptors (Lipinski definition) is 3. The van der Waals surface area contributed by atoms with E-state index in [1.54, 1.807) is 11.8 Å². The van der Waals surface area contributed by atoms with Gasteiger partial charge in [-0.2, -0.15) is 0 Å². The van der Waals surface area contributed by atoms with E-state index < -0.39 is 0 Å². The fraction of sp³-hybridized carbons (Fsp3) is 0.0833.